The molecule has 1 aromatic rings. The van der Waals surface area contributed by atoms with Crippen molar-refractivity contribution in [3.05, 3.63) is 23.5 Å². The molecule has 3 nitrogen and oxygen atoms in total. The monoisotopic (exact) mass is 218 g/mol. The minimum Gasteiger partial charge on any atom is -0.399 e. The predicted octanol–water partition coefficient (Wildman–Crippen LogP) is 2.61. The molecule has 0 atom stereocenters. The van der Waals surface area contributed by atoms with Crippen molar-refractivity contribution < 1.29 is 4.74 Å². The van der Waals surface area contributed by atoms with Crippen LogP contribution in [0.5, 0.6) is 0 Å². The molecule has 3 heteroatoms. The number of aromatic nitrogens is 1. The lowest BCUT2D eigenvalue weighted by atomic mass is 9.96. The van der Waals surface area contributed by atoms with E-state index in [1.54, 1.807) is 0 Å². The van der Waals surface area contributed by atoms with Crippen LogP contribution in [-0.4, -0.2) is 11.1 Å². The molecule has 0 unspecified atom stereocenters. The van der Waals surface area contributed by atoms with Crippen LogP contribution in [0.3, 0.4) is 0 Å². The molecule has 86 valence electrons. The molecule has 2 N–H and O–H groups in total. The zero-order valence-corrected chi connectivity index (χ0v) is 9.48. The van der Waals surface area contributed by atoms with Gasteiger partial charge in [-0.3, -0.25) is 4.98 Å². The second kappa shape index (κ2) is 4.06. The molecule has 2 fully saturated rings. The van der Waals surface area contributed by atoms with E-state index in [2.05, 4.69) is 4.98 Å². The number of nitrogens with zero attached hydrogens (tertiary/aromatic N) is 1. The summed E-state index contributed by atoms with van der Waals surface area (Å²) in [6.45, 7) is 0.620. The van der Waals surface area contributed by atoms with Crippen molar-refractivity contribution in [2.24, 2.45) is 0 Å². The lowest BCUT2D eigenvalue weighted by Gasteiger charge is -2.25. The summed E-state index contributed by atoms with van der Waals surface area (Å²) < 4.78 is 5.76. The van der Waals surface area contributed by atoms with E-state index in [0.717, 1.165) is 17.1 Å². The predicted molar refractivity (Wildman–Crippen MR) is 63.1 cm³/mol. The first-order valence-corrected chi connectivity index (χ1v) is 6.19. The summed E-state index contributed by atoms with van der Waals surface area (Å²) in [6.07, 6.45) is 6.71. The van der Waals surface area contributed by atoms with E-state index in [-0.39, 0.29) is 0 Å². The maximum Gasteiger partial charge on any atom is 0.0892 e. The van der Waals surface area contributed by atoms with Gasteiger partial charge in [0.1, 0.15) is 0 Å². The Labute approximate surface area is 96.0 Å². The smallest absolute Gasteiger partial charge is 0.0892 e. The van der Waals surface area contributed by atoms with Crippen LogP contribution in [-0.2, 0) is 11.3 Å². The van der Waals surface area contributed by atoms with Gasteiger partial charge in [0.05, 0.1) is 18.4 Å². The van der Waals surface area contributed by atoms with Crippen LogP contribution in [0, 0.1) is 0 Å². The highest BCUT2D eigenvalue weighted by atomic mass is 16.5. The van der Waals surface area contributed by atoms with Crippen LogP contribution >= 0.6 is 0 Å². The van der Waals surface area contributed by atoms with E-state index < -0.39 is 0 Å². The second-order valence-electron chi connectivity index (χ2n) is 4.95. The third-order valence-corrected chi connectivity index (χ3v) is 3.44. The lowest BCUT2D eigenvalue weighted by Crippen LogP contribution is -2.21. The molecule has 0 radical (unpaired) electrons. The molecular weight excluding hydrogens is 200 g/mol. The Bertz CT molecular complexity index is 384. The van der Waals surface area contributed by atoms with Gasteiger partial charge >= 0.3 is 0 Å². The van der Waals surface area contributed by atoms with E-state index >= 15 is 0 Å². The summed E-state index contributed by atoms with van der Waals surface area (Å²) in [5.41, 5.74) is 8.86. The topological polar surface area (TPSA) is 48.1 Å². The summed E-state index contributed by atoms with van der Waals surface area (Å²) in [7, 11) is 0. The van der Waals surface area contributed by atoms with Crippen LogP contribution in [0.2, 0.25) is 0 Å². The van der Waals surface area contributed by atoms with Crippen molar-refractivity contribution in [3.8, 4) is 0 Å². The van der Waals surface area contributed by atoms with Crippen molar-refractivity contribution in [1.29, 1.82) is 0 Å². The average Bonchev–Trinajstić information content (AvgIpc) is 2.97. The number of rotatable bonds is 4. The largest absolute Gasteiger partial charge is 0.399 e. The highest BCUT2D eigenvalue weighted by Crippen LogP contribution is 2.39. The Morgan fingerprint density at radius 2 is 2.06 bits per heavy atom. The van der Waals surface area contributed by atoms with Gasteiger partial charge in [0.25, 0.3) is 0 Å². The molecule has 0 bridgehead atoms. The van der Waals surface area contributed by atoms with E-state index in [0.29, 0.717) is 18.6 Å². The van der Waals surface area contributed by atoms with Gasteiger partial charge in [-0.05, 0) is 44.2 Å². The maximum atomic E-state index is 5.88. The molecule has 0 aliphatic heterocycles. The molecule has 0 amide bonds. The van der Waals surface area contributed by atoms with Crippen LogP contribution in [0.1, 0.15) is 49.4 Å². The molecule has 0 spiro atoms. The molecular formula is C13H18N2O. The Hall–Kier alpha value is -1.09. The highest BCUT2D eigenvalue weighted by Gasteiger charge is 2.25. The van der Waals surface area contributed by atoms with Gasteiger partial charge in [-0.1, -0.05) is 0 Å². The maximum absolute atomic E-state index is 5.88. The van der Waals surface area contributed by atoms with E-state index in [1.165, 1.54) is 32.1 Å². The molecule has 1 aromatic heterocycles. The summed E-state index contributed by atoms with van der Waals surface area (Å²) in [5.74, 6) is 0.658. The van der Waals surface area contributed by atoms with Gasteiger partial charge in [-0.15, -0.1) is 0 Å². The Kier molecular flexibility index (Phi) is 2.56. The summed E-state index contributed by atoms with van der Waals surface area (Å²) in [5, 5.41) is 0. The van der Waals surface area contributed by atoms with E-state index in [4.69, 9.17) is 10.5 Å². The first-order chi connectivity index (χ1) is 7.81. The lowest BCUT2D eigenvalue weighted by molar-refractivity contribution is -0.0101. The molecule has 1 heterocycles. The molecule has 0 aromatic carbocycles. The summed E-state index contributed by atoms with van der Waals surface area (Å²) >= 11 is 0. The first kappa shape index (κ1) is 10.1. The number of nitrogens with two attached hydrogens (primary N) is 1. The third kappa shape index (κ3) is 2.19. The Balaban J connectivity index is 1.67. The first-order valence-electron chi connectivity index (χ1n) is 6.19. The van der Waals surface area contributed by atoms with Crippen molar-refractivity contribution >= 4 is 5.69 Å². The molecule has 16 heavy (non-hydrogen) atoms. The number of nitrogen functional groups attached to an aromatic ring is 1. The summed E-state index contributed by atoms with van der Waals surface area (Å²) in [6, 6.07) is 3.94. The van der Waals surface area contributed by atoms with E-state index in [9.17, 15) is 0 Å². The number of hydrogen-bond acceptors (Lipinski definition) is 3. The fourth-order valence-corrected chi connectivity index (χ4v) is 2.04. The van der Waals surface area contributed by atoms with Gasteiger partial charge in [-0.2, -0.15) is 0 Å². The minimum absolute atomic E-state index is 0.465. The minimum atomic E-state index is 0.465. The van der Waals surface area contributed by atoms with Gasteiger partial charge in [-0.25, -0.2) is 0 Å². The van der Waals surface area contributed by atoms with Crippen molar-refractivity contribution in [3.63, 3.8) is 0 Å². The number of hydrogen-bond donors (Lipinski definition) is 1. The molecule has 0 saturated heterocycles. The van der Waals surface area contributed by atoms with Crippen molar-refractivity contribution in [2.45, 2.75) is 50.7 Å². The zero-order chi connectivity index (χ0) is 11.0. The van der Waals surface area contributed by atoms with Crippen LogP contribution < -0.4 is 5.73 Å². The van der Waals surface area contributed by atoms with Crippen LogP contribution in [0.15, 0.2) is 12.1 Å². The third-order valence-electron chi connectivity index (χ3n) is 3.44. The normalized spacial score (nSPS) is 20.8. The number of anilines is 1. The SMILES string of the molecule is Nc1cc(COC2CCC2)nc(C2CC2)c1. The van der Waals surface area contributed by atoms with Gasteiger partial charge < -0.3 is 10.5 Å². The zero-order valence-electron chi connectivity index (χ0n) is 9.48. The summed E-state index contributed by atoms with van der Waals surface area (Å²) in [4.78, 5) is 4.62. The average molecular weight is 218 g/mol. The van der Waals surface area contributed by atoms with Crippen LogP contribution in [0.25, 0.3) is 0 Å². The highest BCUT2D eigenvalue weighted by molar-refractivity contribution is 5.41. The van der Waals surface area contributed by atoms with E-state index in [1.807, 2.05) is 12.1 Å². The Morgan fingerprint density at radius 1 is 1.25 bits per heavy atom. The van der Waals surface area contributed by atoms with Crippen molar-refractivity contribution in [1.82, 2.24) is 4.98 Å². The molecule has 2 aliphatic carbocycles. The Morgan fingerprint density at radius 3 is 2.69 bits per heavy atom. The van der Waals surface area contributed by atoms with Crippen molar-refractivity contribution in [2.75, 3.05) is 5.73 Å². The van der Waals surface area contributed by atoms with Gasteiger partial charge in [0, 0.05) is 17.3 Å². The fourth-order valence-electron chi connectivity index (χ4n) is 2.04. The number of pyridine rings is 1. The standard InChI is InChI=1S/C13H18N2O/c14-10-6-11(8-16-12-2-1-3-12)15-13(7-10)9-4-5-9/h6-7,9,12H,1-5,8H2,(H2,14,15). The molecule has 2 aliphatic rings. The number of ether oxygens (including phenoxy) is 1. The fraction of sp³-hybridized carbons (Fsp3) is 0.615. The van der Waals surface area contributed by atoms with Gasteiger partial charge in [0.2, 0.25) is 0 Å². The quantitative estimate of drug-likeness (QED) is 0.845. The molecule has 3 rings (SSSR count). The molecule has 2 saturated carbocycles. The van der Waals surface area contributed by atoms with Crippen LogP contribution in [0.4, 0.5) is 5.69 Å². The van der Waals surface area contributed by atoms with Gasteiger partial charge in [0.15, 0.2) is 0 Å². The second-order valence-corrected chi connectivity index (χ2v) is 4.95.